The van der Waals surface area contributed by atoms with Crippen LogP contribution in [0.2, 0.25) is 0 Å². The van der Waals surface area contributed by atoms with Gasteiger partial charge in [0.1, 0.15) is 11.6 Å². The monoisotopic (exact) mass is 3960 g/mol. The summed E-state index contributed by atoms with van der Waals surface area (Å²) < 4.78 is 0. The quantitative estimate of drug-likeness (QED) is 0.382. The van der Waals surface area contributed by atoms with E-state index in [-0.39, 0.29) is 5.41 Å². The molecular weight excluding hydrogens is 3940 g/mol. The fourth-order valence-corrected chi connectivity index (χ4v) is 305. The number of hydrogen-bond donors (Lipinski definition) is 1. The van der Waals surface area contributed by atoms with E-state index in [4.69, 9.17) is 27.4 Å². The second-order valence-electron chi connectivity index (χ2n) is 17.4. The summed E-state index contributed by atoms with van der Waals surface area (Å²) in [5, 5.41) is 0. The van der Waals surface area contributed by atoms with Crippen molar-refractivity contribution in [2.24, 2.45) is 0 Å². The van der Waals surface area contributed by atoms with E-state index in [9.17, 15) is 0 Å². The maximum absolute atomic E-state index is 4.85. The van der Waals surface area contributed by atoms with E-state index in [0.717, 1.165) is 28.2 Å². The Kier molecular flexibility index (Phi) is 134. The number of nitrogens with zero attached hydrogens (tertiary/aromatic N) is 3. The summed E-state index contributed by atoms with van der Waals surface area (Å²) in [4.78, 5) is 17.4. The van der Waals surface area contributed by atoms with Crippen LogP contribution in [0.25, 0.3) is 22.4 Å². The standard InChI is InChI=1S/C22H26N4.S113/c1-20(2,3)19-23-10-13(11-24-19)18-25-16-8-14-15(9-17(16)26-18)22(5)7-6-21(14,4)12-22;1-3-5-7-9-11-13-15-17-19-21-23-25-27-29-31-33-35-37-39-41-43-45-47-49-51-53-55-57-59-61-63-65-67-69-71-73-75-77-79-81-83-85-87-89-91-93-95-97-99-101-103-105-107-109-111-113-112-110-108-106-104-102-100-98-96-94-92-90-88-86-84-82-80-78-76-74-72-70-68-66-64-62-60-58-56-54-52-50-48-46-44-42-40-38-36-34-32-30-28-26-24-22-20-18-16-14-12-10-8-6-4-2/h8-11H,6-7,12H2,1-5H3,(H,25,26);. The normalized spacial score (nSPS) is 11.5. The van der Waals surface area contributed by atoms with Crippen LogP contribution in [-0.4, -0.2) is 19.9 Å². The third kappa shape index (κ3) is 99.4. The van der Waals surface area contributed by atoms with E-state index >= 15 is 0 Å². The average Bonchev–Trinajstić information content (AvgIpc) is 1.54. The molecule has 2 atom stereocenters. The number of benzene rings is 1. The molecule has 1 fully saturated rings. The molecule has 0 amide bonds. The van der Waals surface area contributed by atoms with E-state index in [1.165, 1.54) is 48.2 Å². The predicted molar refractivity (Wildman–Crippen MR) is 937 cm³/mol. The number of aromatic nitrogens is 4. The highest BCUT2D eigenvalue weighted by molar-refractivity contribution is 8.89. The van der Waals surface area contributed by atoms with Gasteiger partial charge in [-0.05, 0) is 53.4 Å². The predicted octanol–water partition coefficient (Wildman–Crippen LogP) is 4.76. The van der Waals surface area contributed by atoms with E-state index in [2.05, 4.69) is 61.7 Å². The van der Waals surface area contributed by atoms with Crippen molar-refractivity contribution in [1.82, 2.24) is 19.9 Å². The Bertz CT molecular complexity index is 10300. The molecule has 0 aliphatic heterocycles. The Labute approximate surface area is 1130 Å². The first-order valence-electron chi connectivity index (χ1n) is 28.2. The molecule has 2 heterocycles. The fourth-order valence-electron chi connectivity index (χ4n) is 6.32. The molecule has 0 saturated heterocycles. The van der Waals surface area contributed by atoms with Crippen molar-refractivity contribution in [1.29, 1.82) is 0 Å². The molecule has 3 aromatic rings. The molecule has 117 heteroatoms. The first kappa shape index (κ1) is 154. The van der Waals surface area contributed by atoms with Gasteiger partial charge in [-0.2, -0.15) is 0 Å². The number of imidazole rings is 1. The number of nitrogens with one attached hydrogen (secondary N) is 1. The average molecular weight is 3970 g/mol. The van der Waals surface area contributed by atoms with Crippen LogP contribution in [0.1, 0.15) is 70.8 Å². The molecule has 139 heavy (non-hydrogen) atoms. The van der Waals surface area contributed by atoms with Gasteiger partial charge in [0, 0.05) is 1030 Å². The van der Waals surface area contributed by atoms with Crippen molar-refractivity contribution in [3.63, 3.8) is 0 Å². The zero-order valence-electron chi connectivity index (χ0n) is 62.4. The third-order valence-electron chi connectivity index (χ3n) is 9.58. The molecule has 812 valence electrons. The maximum atomic E-state index is 4.85. The van der Waals surface area contributed by atoms with Crippen molar-refractivity contribution >= 4 is 1020 Å². The number of hydrogen-bond acceptors (Lipinski definition) is 5. The highest BCUT2D eigenvalue weighted by atomic mass is 33.6. The Morgan fingerprint density at radius 2 is 0.353 bits per heavy atom. The van der Waals surface area contributed by atoms with Crippen molar-refractivity contribution in [2.45, 2.75) is 70.1 Å². The summed E-state index contributed by atoms with van der Waals surface area (Å²) in [6, 6.07) is 4.66. The van der Waals surface area contributed by atoms with Gasteiger partial charge in [-0.3, -0.25) is 0 Å². The molecule has 2 aliphatic carbocycles. The first-order valence-corrected chi connectivity index (χ1v) is 178. The van der Waals surface area contributed by atoms with Gasteiger partial charge in [-0.15, -0.1) is 0 Å². The van der Waals surface area contributed by atoms with Gasteiger partial charge in [0.15, 0.2) is 0 Å². The highest BCUT2D eigenvalue weighted by Crippen LogP contribution is 2.60. The lowest BCUT2D eigenvalue weighted by molar-refractivity contribution is 0.484. The topological polar surface area (TPSA) is 54.5 Å². The van der Waals surface area contributed by atoms with E-state index < -0.39 is 0 Å². The highest BCUT2D eigenvalue weighted by Gasteiger charge is 2.53. The minimum Gasteiger partial charge on any atom is -0.338 e. The number of H-pyrrole nitrogens is 1. The van der Waals surface area contributed by atoms with Gasteiger partial charge in [-0.1, -0.05) is 34.6 Å². The van der Waals surface area contributed by atoms with Gasteiger partial charge in [0.2, 0.25) is 0 Å². The van der Waals surface area contributed by atoms with E-state index in [0.29, 0.717) is 10.8 Å². The molecule has 1 N–H and O–H groups in total. The smallest absolute Gasteiger partial charge is 0.141 e. The molecule has 5 rings (SSSR count). The molecule has 2 aliphatic rings. The summed E-state index contributed by atoms with van der Waals surface area (Å²) >= 11 is 9.67. The summed E-state index contributed by atoms with van der Waals surface area (Å²) in [7, 11) is 201. The van der Waals surface area contributed by atoms with Crippen LogP contribution in [-0.2, 0) is 1020 Å². The van der Waals surface area contributed by atoms with Crippen molar-refractivity contribution in [2.75, 3.05) is 0 Å². The Balaban J connectivity index is 0.00000130. The van der Waals surface area contributed by atoms with Crippen molar-refractivity contribution in [3.8, 4) is 11.4 Å². The molecule has 2 unspecified atom stereocenters. The fraction of sp³-hybridized carbons (Fsp3) is 0.500. The molecule has 2 bridgehead atoms. The summed E-state index contributed by atoms with van der Waals surface area (Å²) in [6.45, 7) is 11.2. The lowest BCUT2D eigenvalue weighted by Crippen LogP contribution is -2.17. The number of rotatable bonds is 1. The van der Waals surface area contributed by atoms with Crippen LogP contribution in [0.15, 0.2) is 24.5 Å². The first-order chi connectivity index (χ1) is 68.6. The van der Waals surface area contributed by atoms with Crippen LogP contribution in [0.4, 0.5) is 0 Å². The summed E-state index contributed by atoms with van der Waals surface area (Å²) in [5.41, 5.74) is 6.76. The van der Waals surface area contributed by atoms with Crippen LogP contribution < -0.4 is 0 Å². The van der Waals surface area contributed by atoms with Crippen molar-refractivity contribution < 1.29 is 0 Å². The van der Waals surface area contributed by atoms with Gasteiger partial charge in [0.25, 0.3) is 0 Å². The molecule has 0 radical (unpaired) electrons. The number of fused-ring (bicyclic) bond motifs is 6. The zero-order valence-corrected chi connectivity index (χ0v) is 155. The van der Waals surface area contributed by atoms with E-state index in [1.807, 2.05) is 874 Å². The molecule has 1 saturated carbocycles. The Morgan fingerprint density at radius 3 is 0.489 bits per heavy atom. The summed E-state index contributed by atoms with van der Waals surface area (Å²) in [5.74, 6) is 1.71. The molecule has 1 aromatic carbocycles. The Morgan fingerprint density at radius 1 is 0.216 bits per heavy atom. The molecule has 4 nitrogen and oxygen atoms in total. The lowest BCUT2D eigenvalue weighted by atomic mass is 9.78. The van der Waals surface area contributed by atoms with Crippen LogP contribution in [0.3, 0.4) is 0 Å². The largest absolute Gasteiger partial charge is 0.338 e. The van der Waals surface area contributed by atoms with Crippen molar-refractivity contribution in [3.05, 3.63) is 41.5 Å². The van der Waals surface area contributed by atoms with E-state index in [1.54, 1.807) is 107 Å². The van der Waals surface area contributed by atoms with Crippen LogP contribution >= 0.6 is 0 Å². The molecular formula is C22H26N4S113. The van der Waals surface area contributed by atoms with Crippen LogP contribution in [0, 0.1) is 0 Å². The summed E-state index contributed by atoms with van der Waals surface area (Å²) in [6.07, 6.45) is 7.63. The minimum atomic E-state index is -0.0443. The Hall–Kier alpha value is 22.6. The van der Waals surface area contributed by atoms with Gasteiger partial charge in [-0.25, -0.2) is 15.0 Å². The SMILES string of the molecule is CC(C)(C)c1ncc(-c2nc3cc4c(cc3[nH]2)C2(C)CCC4(C)C2)cn1.S=S=S=S=S=S=S=S=S=S=S=S=S=S=S=S=S=S=S=S=S=S=S=S=S=S=S=S=S=S=S=S=S=S=S=S=S=S=S=S=S=S=S=S=S=S=S=S=S=S=S=S=S=S=S=S=S=S=S=S=S=S=S=S=S=S=S=S=S=S=S=S=S=S=S=S=S=S=S=S=S=S=S=S=S=S=S=S=S=S=S=S=S=S=S=S=S=S=S=S=S=S=S=S=S=S=S=S=S=S=S=S=S. The molecule has 0 spiro atoms. The third-order valence-corrected chi connectivity index (χ3v) is 254. The van der Waals surface area contributed by atoms with Gasteiger partial charge in [0.05, 0.1) is 16.6 Å². The second-order valence-corrected chi connectivity index (χ2v) is 214. The zero-order chi connectivity index (χ0) is 98.8. The lowest BCUT2D eigenvalue weighted by Gasteiger charge is -2.26. The second kappa shape index (κ2) is 121. The van der Waals surface area contributed by atoms with Gasteiger partial charge >= 0.3 is 0 Å². The number of aromatic amines is 1. The van der Waals surface area contributed by atoms with Crippen LogP contribution in [0.5, 0.6) is 0 Å². The van der Waals surface area contributed by atoms with Gasteiger partial charge < -0.3 is 4.98 Å². The molecule has 2 aromatic heterocycles. The minimum absolute atomic E-state index is 0.0443. The maximum Gasteiger partial charge on any atom is 0.141 e.